The number of piperidine rings is 1. The molecular weight excluding hydrogens is 338 g/mol. The maximum absolute atomic E-state index is 12.3. The largest absolute Gasteiger partial charge is 0.345 e. The van der Waals surface area contributed by atoms with Gasteiger partial charge >= 0.3 is 0 Å². The molecule has 27 heavy (non-hydrogen) atoms. The number of aromatic nitrogens is 3. The Balaban J connectivity index is 1.48. The lowest BCUT2D eigenvalue weighted by molar-refractivity contribution is 0.0827. The van der Waals surface area contributed by atoms with Crippen molar-refractivity contribution >= 4 is 16.9 Å². The van der Waals surface area contributed by atoms with Gasteiger partial charge in [0.1, 0.15) is 5.52 Å². The van der Waals surface area contributed by atoms with E-state index in [4.69, 9.17) is 0 Å². The van der Waals surface area contributed by atoms with Crippen LogP contribution in [0.3, 0.4) is 0 Å². The molecule has 6 heteroatoms. The quantitative estimate of drug-likeness (QED) is 0.715. The van der Waals surface area contributed by atoms with Crippen LogP contribution in [-0.4, -0.2) is 57.9 Å². The first kappa shape index (κ1) is 17.7. The van der Waals surface area contributed by atoms with Gasteiger partial charge in [-0.15, -0.1) is 5.10 Å². The fourth-order valence-corrected chi connectivity index (χ4v) is 3.76. The van der Waals surface area contributed by atoms with Gasteiger partial charge < -0.3 is 4.90 Å². The van der Waals surface area contributed by atoms with Gasteiger partial charge in [-0.1, -0.05) is 35.5 Å². The van der Waals surface area contributed by atoms with Crippen LogP contribution in [0.2, 0.25) is 0 Å². The first-order valence-corrected chi connectivity index (χ1v) is 9.45. The lowest BCUT2D eigenvalue weighted by Gasteiger charge is -2.32. The Morgan fingerprint density at radius 1 is 1.11 bits per heavy atom. The smallest absolute Gasteiger partial charge is 0.253 e. The van der Waals surface area contributed by atoms with E-state index in [1.165, 1.54) is 5.56 Å². The number of benzene rings is 2. The van der Waals surface area contributed by atoms with E-state index in [2.05, 4.69) is 45.5 Å². The molecule has 2 heterocycles. The van der Waals surface area contributed by atoms with Crippen molar-refractivity contribution in [3.05, 3.63) is 59.7 Å². The number of hydrogen-bond donors (Lipinski definition) is 0. The molecule has 0 bridgehead atoms. The minimum absolute atomic E-state index is 0.00216. The van der Waals surface area contributed by atoms with Crippen molar-refractivity contribution in [2.75, 3.05) is 27.2 Å². The van der Waals surface area contributed by atoms with E-state index >= 15 is 0 Å². The van der Waals surface area contributed by atoms with Crippen LogP contribution in [0.25, 0.3) is 11.0 Å². The molecule has 6 nitrogen and oxygen atoms in total. The number of amides is 1. The average Bonchev–Trinajstić information content (AvgIpc) is 3.12. The summed E-state index contributed by atoms with van der Waals surface area (Å²) in [6.45, 7) is 3.07. The highest BCUT2D eigenvalue weighted by Crippen LogP contribution is 2.26. The number of hydrogen-bond acceptors (Lipinski definition) is 4. The number of likely N-dealkylation sites (tertiary alicyclic amines) is 1. The lowest BCUT2D eigenvalue weighted by atomic mass is 10.0. The molecule has 1 fully saturated rings. The summed E-state index contributed by atoms with van der Waals surface area (Å²) in [4.78, 5) is 16.4. The summed E-state index contributed by atoms with van der Waals surface area (Å²) < 4.78 is 2.02. The van der Waals surface area contributed by atoms with Crippen LogP contribution in [0, 0.1) is 0 Å². The molecule has 3 aromatic rings. The fourth-order valence-electron chi connectivity index (χ4n) is 3.76. The summed E-state index contributed by atoms with van der Waals surface area (Å²) in [5.41, 5.74) is 3.83. The third-order valence-corrected chi connectivity index (χ3v) is 5.28. The van der Waals surface area contributed by atoms with Gasteiger partial charge in [0.05, 0.1) is 11.6 Å². The third-order valence-electron chi connectivity index (χ3n) is 5.28. The van der Waals surface area contributed by atoms with Gasteiger partial charge in [0.2, 0.25) is 0 Å². The maximum atomic E-state index is 12.3. The summed E-state index contributed by atoms with van der Waals surface area (Å²) in [7, 11) is 3.54. The molecule has 0 unspecified atom stereocenters. The topological polar surface area (TPSA) is 54.3 Å². The Labute approximate surface area is 159 Å². The second kappa shape index (κ2) is 7.48. The summed E-state index contributed by atoms with van der Waals surface area (Å²) in [5.74, 6) is 0.00216. The van der Waals surface area contributed by atoms with Crippen molar-refractivity contribution in [2.24, 2.45) is 0 Å². The Bertz CT molecular complexity index is 926. The van der Waals surface area contributed by atoms with Crippen LogP contribution in [0.4, 0.5) is 0 Å². The van der Waals surface area contributed by atoms with E-state index in [0.29, 0.717) is 11.6 Å². The number of carbonyl (C=O) groups excluding carboxylic acids is 1. The van der Waals surface area contributed by atoms with Gasteiger partial charge in [0.15, 0.2) is 0 Å². The van der Waals surface area contributed by atoms with Gasteiger partial charge in [-0.25, -0.2) is 4.68 Å². The summed E-state index contributed by atoms with van der Waals surface area (Å²) in [6.07, 6.45) is 2.08. The molecule has 1 saturated heterocycles. The van der Waals surface area contributed by atoms with Gasteiger partial charge in [-0.2, -0.15) is 0 Å². The molecule has 1 aliphatic rings. The zero-order valence-corrected chi connectivity index (χ0v) is 15.9. The Hall–Kier alpha value is -2.73. The van der Waals surface area contributed by atoms with Crippen LogP contribution >= 0.6 is 0 Å². The molecule has 0 N–H and O–H groups in total. The predicted molar refractivity (Wildman–Crippen MR) is 106 cm³/mol. The van der Waals surface area contributed by atoms with Gasteiger partial charge in [-0.05, 0) is 36.6 Å². The van der Waals surface area contributed by atoms with Gasteiger partial charge in [0.25, 0.3) is 5.91 Å². The highest BCUT2D eigenvalue weighted by atomic mass is 16.2. The second-order valence-electron chi connectivity index (χ2n) is 7.43. The maximum Gasteiger partial charge on any atom is 0.253 e. The van der Waals surface area contributed by atoms with Crippen molar-refractivity contribution < 1.29 is 4.79 Å². The Morgan fingerprint density at radius 2 is 1.85 bits per heavy atom. The SMILES string of the molecule is CN(C)C(=O)c1ccc2nnn(C3CCN(Cc4ccccc4)CC3)c2c1. The normalized spacial score (nSPS) is 15.9. The summed E-state index contributed by atoms with van der Waals surface area (Å²) in [6, 6.07) is 16.6. The molecular formula is C21H25N5O. The molecule has 2 aromatic carbocycles. The highest BCUT2D eigenvalue weighted by molar-refractivity contribution is 5.97. The number of fused-ring (bicyclic) bond motifs is 1. The third kappa shape index (κ3) is 3.71. The van der Waals surface area contributed by atoms with E-state index < -0.39 is 0 Å². The molecule has 140 valence electrons. The molecule has 1 aromatic heterocycles. The van der Waals surface area contributed by atoms with Crippen molar-refractivity contribution in [3.63, 3.8) is 0 Å². The second-order valence-corrected chi connectivity index (χ2v) is 7.43. The minimum Gasteiger partial charge on any atom is -0.345 e. The molecule has 0 atom stereocenters. The first-order valence-electron chi connectivity index (χ1n) is 9.45. The summed E-state index contributed by atoms with van der Waals surface area (Å²) in [5, 5.41) is 8.70. The number of nitrogens with zero attached hydrogens (tertiary/aromatic N) is 5. The monoisotopic (exact) mass is 363 g/mol. The molecule has 0 spiro atoms. The Kier molecular flexibility index (Phi) is 4.90. The molecule has 1 amide bonds. The average molecular weight is 363 g/mol. The number of carbonyl (C=O) groups is 1. The van der Waals surface area contributed by atoms with Crippen molar-refractivity contribution in [1.82, 2.24) is 24.8 Å². The van der Waals surface area contributed by atoms with Crippen LogP contribution in [-0.2, 0) is 6.54 Å². The molecule has 4 rings (SSSR count). The van der Waals surface area contributed by atoms with Crippen molar-refractivity contribution in [3.8, 4) is 0 Å². The number of rotatable bonds is 4. The molecule has 1 aliphatic heterocycles. The van der Waals surface area contributed by atoms with Crippen molar-refractivity contribution in [2.45, 2.75) is 25.4 Å². The Morgan fingerprint density at radius 3 is 2.56 bits per heavy atom. The van der Waals surface area contributed by atoms with E-state index in [1.54, 1.807) is 19.0 Å². The van der Waals surface area contributed by atoms with Gasteiger partial charge in [0, 0.05) is 39.3 Å². The van der Waals surface area contributed by atoms with E-state index in [9.17, 15) is 4.79 Å². The van der Waals surface area contributed by atoms with E-state index in [0.717, 1.165) is 43.5 Å². The zero-order valence-electron chi connectivity index (χ0n) is 15.9. The van der Waals surface area contributed by atoms with Crippen LogP contribution in [0.5, 0.6) is 0 Å². The highest BCUT2D eigenvalue weighted by Gasteiger charge is 2.23. The lowest BCUT2D eigenvalue weighted by Crippen LogP contribution is -2.34. The molecule has 0 radical (unpaired) electrons. The van der Waals surface area contributed by atoms with E-state index in [-0.39, 0.29) is 5.91 Å². The van der Waals surface area contributed by atoms with Crippen LogP contribution in [0.1, 0.15) is 34.8 Å². The zero-order chi connectivity index (χ0) is 18.8. The minimum atomic E-state index is 0.00216. The predicted octanol–water partition coefficient (Wildman–Crippen LogP) is 2.97. The molecule has 0 aliphatic carbocycles. The summed E-state index contributed by atoms with van der Waals surface area (Å²) >= 11 is 0. The standard InChI is InChI=1S/C21H25N5O/c1-24(2)21(27)17-8-9-19-20(14-17)26(23-22-19)18-10-12-25(13-11-18)15-16-6-4-3-5-7-16/h3-9,14,18H,10-13,15H2,1-2H3. The van der Waals surface area contributed by atoms with Crippen LogP contribution < -0.4 is 0 Å². The molecule has 0 saturated carbocycles. The first-order chi connectivity index (χ1) is 13.1. The van der Waals surface area contributed by atoms with Gasteiger partial charge in [-0.3, -0.25) is 9.69 Å². The van der Waals surface area contributed by atoms with Crippen molar-refractivity contribution in [1.29, 1.82) is 0 Å². The fraction of sp³-hybridized carbons (Fsp3) is 0.381. The van der Waals surface area contributed by atoms with E-state index in [1.807, 2.05) is 22.9 Å². The van der Waals surface area contributed by atoms with Crippen LogP contribution in [0.15, 0.2) is 48.5 Å².